The van der Waals surface area contributed by atoms with Crippen LogP contribution in [0.2, 0.25) is 0 Å². The molecule has 0 aromatic heterocycles. The van der Waals surface area contributed by atoms with Crippen molar-refractivity contribution >= 4 is 11.7 Å². The fourth-order valence-electron chi connectivity index (χ4n) is 2.94. The van der Waals surface area contributed by atoms with E-state index in [1.807, 2.05) is 44.2 Å². The summed E-state index contributed by atoms with van der Waals surface area (Å²) in [5, 5.41) is 4.13. The van der Waals surface area contributed by atoms with Crippen LogP contribution in [0.15, 0.2) is 60.0 Å². The molecule has 2 aromatic carbocycles. The van der Waals surface area contributed by atoms with E-state index in [1.54, 1.807) is 6.92 Å². The topological polar surface area (TPSA) is 57.1 Å². The molecule has 2 rings (SSSR count). The molecule has 5 nitrogen and oxygen atoms in total. The van der Waals surface area contributed by atoms with E-state index in [0.29, 0.717) is 5.71 Å². The molecule has 0 saturated heterocycles. The van der Waals surface area contributed by atoms with E-state index in [0.717, 1.165) is 29.9 Å². The van der Waals surface area contributed by atoms with Crippen LogP contribution in [-0.2, 0) is 20.8 Å². The molecule has 0 fully saturated rings. The monoisotopic (exact) mass is 409 g/mol. The third-order valence-electron chi connectivity index (χ3n) is 4.42. The molecule has 0 unspecified atom stereocenters. The number of aryl methyl sites for hydroxylation is 2. The van der Waals surface area contributed by atoms with Gasteiger partial charge in [-0.15, -0.1) is 0 Å². The van der Waals surface area contributed by atoms with E-state index in [-0.39, 0.29) is 18.3 Å². The lowest BCUT2D eigenvalue weighted by Crippen LogP contribution is -2.12. The second-order valence-electron chi connectivity index (χ2n) is 7.35. The molecule has 2 aromatic rings. The number of oxime groups is 1. The molecule has 160 valence electrons. The van der Waals surface area contributed by atoms with Crippen LogP contribution in [0, 0.1) is 12.8 Å². The first-order valence-corrected chi connectivity index (χ1v) is 10.3. The number of nitrogens with zero attached hydrogens (tertiary/aromatic N) is 1. The lowest BCUT2D eigenvalue weighted by molar-refractivity contribution is -0.142. The number of rotatable bonds is 10. The molecule has 0 heterocycles. The number of esters is 1. The number of hydrogen-bond donors (Lipinski definition) is 0. The highest BCUT2D eigenvalue weighted by atomic mass is 16.7. The number of hydrogen-bond acceptors (Lipinski definition) is 5. The second kappa shape index (κ2) is 11.2. The Balaban J connectivity index is 2.17. The van der Waals surface area contributed by atoms with Gasteiger partial charge in [-0.05, 0) is 74.2 Å². The number of carbonyl (C=O) groups is 1. The summed E-state index contributed by atoms with van der Waals surface area (Å²) in [6, 6.07) is 13.9. The molecule has 0 spiro atoms. The molecule has 0 aliphatic heterocycles. The third kappa shape index (κ3) is 6.48. The zero-order valence-electron chi connectivity index (χ0n) is 18.5. The molecule has 0 N–H and O–H groups in total. The van der Waals surface area contributed by atoms with Gasteiger partial charge in [-0.1, -0.05) is 50.0 Å². The summed E-state index contributed by atoms with van der Waals surface area (Å²) in [4.78, 5) is 16.8. The van der Waals surface area contributed by atoms with Crippen molar-refractivity contribution in [3.05, 3.63) is 71.5 Å². The molecule has 0 radical (unpaired) electrons. The lowest BCUT2D eigenvalue weighted by Gasteiger charge is -2.14. The van der Waals surface area contributed by atoms with E-state index in [4.69, 9.17) is 14.3 Å². The van der Waals surface area contributed by atoms with Gasteiger partial charge in [0.15, 0.2) is 0 Å². The van der Waals surface area contributed by atoms with E-state index < -0.39 is 5.97 Å². The molecule has 0 atom stereocenters. The highest BCUT2D eigenvalue weighted by Crippen LogP contribution is 2.28. The predicted octanol–water partition coefficient (Wildman–Crippen LogP) is 6.19. The number of carbonyl (C=O) groups excluding carboxylic acids is 1. The maximum Gasteiger partial charge on any atom is 0.376 e. The van der Waals surface area contributed by atoms with Crippen LogP contribution in [0.3, 0.4) is 0 Å². The van der Waals surface area contributed by atoms with Crippen LogP contribution in [-0.4, -0.2) is 18.3 Å². The largest absolute Gasteiger partial charge is 0.460 e. The Morgan fingerprint density at radius 2 is 1.80 bits per heavy atom. The summed E-state index contributed by atoms with van der Waals surface area (Å²) in [7, 11) is 0. The SMILES string of the molecule is C=C(O/N=C(/c1ccc(Oc2ccc(C)cc2CCC)cc1)C(C)C)C(=O)OCC. The van der Waals surface area contributed by atoms with E-state index in [9.17, 15) is 4.79 Å². The lowest BCUT2D eigenvalue weighted by atomic mass is 10.0. The molecule has 0 aliphatic rings. The molecule has 0 saturated carbocycles. The van der Waals surface area contributed by atoms with Gasteiger partial charge in [-0.25, -0.2) is 4.79 Å². The highest BCUT2D eigenvalue weighted by Gasteiger charge is 2.14. The van der Waals surface area contributed by atoms with E-state index >= 15 is 0 Å². The molecule has 0 amide bonds. The summed E-state index contributed by atoms with van der Waals surface area (Å²) >= 11 is 0. The average molecular weight is 410 g/mol. The summed E-state index contributed by atoms with van der Waals surface area (Å²) in [6.45, 7) is 13.8. The Morgan fingerprint density at radius 1 is 1.10 bits per heavy atom. The van der Waals surface area contributed by atoms with Crippen molar-refractivity contribution in [3.63, 3.8) is 0 Å². The van der Waals surface area contributed by atoms with Gasteiger partial charge in [-0.2, -0.15) is 0 Å². The summed E-state index contributed by atoms with van der Waals surface area (Å²) in [5.74, 6) is 0.953. The van der Waals surface area contributed by atoms with Crippen molar-refractivity contribution in [3.8, 4) is 11.5 Å². The van der Waals surface area contributed by atoms with Gasteiger partial charge in [0.1, 0.15) is 11.5 Å². The Labute approximate surface area is 179 Å². The molecule has 0 aliphatic carbocycles. The van der Waals surface area contributed by atoms with Crippen LogP contribution >= 0.6 is 0 Å². The van der Waals surface area contributed by atoms with Crippen LogP contribution in [0.1, 0.15) is 50.8 Å². The fraction of sp³-hybridized carbons (Fsp3) is 0.360. The van der Waals surface area contributed by atoms with Crippen LogP contribution in [0.25, 0.3) is 0 Å². The average Bonchev–Trinajstić information content (AvgIpc) is 2.71. The predicted molar refractivity (Wildman–Crippen MR) is 120 cm³/mol. The maximum absolute atomic E-state index is 11.6. The first-order valence-electron chi connectivity index (χ1n) is 10.3. The minimum Gasteiger partial charge on any atom is -0.460 e. The minimum atomic E-state index is -0.617. The fourth-order valence-corrected chi connectivity index (χ4v) is 2.94. The van der Waals surface area contributed by atoms with Gasteiger partial charge in [0.25, 0.3) is 0 Å². The maximum atomic E-state index is 11.6. The van der Waals surface area contributed by atoms with Crippen molar-refractivity contribution in [2.45, 2.75) is 47.5 Å². The van der Waals surface area contributed by atoms with Crippen molar-refractivity contribution in [1.29, 1.82) is 0 Å². The molecular weight excluding hydrogens is 378 g/mol. The van der Waals surface area contributed by atoms with E-state index in [1.165, 1.54) is 11.1 Å². The molecule has 0 bridgehead atoms. The highest BCUT2D eigenvalue weighted by molar-refractivity contribution is 6.01. The molecule has 5 heteroatoms. The standard InChI is InChI=1S/C25H31NO4/c1-7-9-21-16-18(5)10-15-23(21)29-22-13-11-20(12-14-22)24(17(3)4)26-30-19(6)25(27)28-8-2/h10-17H,6-9H2,1-5H3/b26-24+. The van der Waals surface area contributed by atoms with Crippen molar-refractivity contribution < 1.29 is 19.1 Å². The van der Waals surface area contributed by atoms with Crippen molar-refractivity contribution in [2.75, 3.05) is 6.61 Å². The van der Waals surface area contributed by atoms with Gasteiger partial charge in [-0.3, -0.25) is 0 Å². The summed E-state index contributed by atoms with van der Waals surface area (Å²) < 4.78 is 11.0. The Bertz CT molecular complexity index is 898. The van der Waals surface area contributed by atoms with Gasteiger partial charge >= 0.3 is 5.97 Å². The van der Waals surface area contributed by atoms with Crippen LogP contribution < -0.4 is 4.74 Å². The second-order valence-corrected chi connectivity index (χ2v) is 7.35. The zero-order valence-corrected chi connectivity index (χ0v) is 18.5. The zero-order chi connectivity index (χ0) is 22.1. The summed E-state index contributed by atoms with van der Waals surface area (Å²) in [5.41, 5.74) is 4.01. The van der Waals surface area contributed by atoms with E-state index in [2.05, 4.69) is 37.7 Å². The molecule has 30 heavy (non-hydrogen) atoms. The third-order valence-corrected chi connectivity index (χ3v) is 4.42. The first kappa shape index (κ1) is 23.2. The molecular formula is C25H31NO4. The normalized spacial score (nSPS) is 11.3. The number of ether oxygens (including phenoxy) is 2. The van der Waals surface area contributed by atoms with Crippen LogP contribution in [0.5, 0.6) is 11.5 Å². The van der Waals surface area contributed by atoms with Gasteiger partial charge in [0, 0.05) is 0 Å². The Hall–Kier alpha value is -3.08. The number of benzene rings is 2. The van der Waals surface area contributed by atoms with Gasteiger partial charge in [0.05, 0.1) is 12.3 Å². The first-order chi connectivity index (χ1) is 14.3. The quantitative estimate of drug-likeness (QED) is 0.154. The Morgan fingerprint density at radius 3 is 2.40 bits per heavy atom. The van der Waals surface area contributed by atoms with Crippen LogP contribution in [0.4, 0.5) is 0 Å². The van der Waals surface area contributed by atoms with Gasteiger partial charge in [0.2, 0.25) is 5.76 Å². The smallest absolute Gasteiger partial charge is 0.376 e. The van der Waals surface area contributed by atoms with Crippen molar-refractivity contribution in [1.82, 2.24) is 0 Å². The Kier molecular flexibility index (Phi) is 8.66. The van der Waals surface area contributed by atoms with Crippen molar-refractivity contribution in [2.24, 2.45) is 11.1 Å². The van der Waals surface area contributed by atoms with Gasteiger partial charge < -0.3 is 14.3 Å². The minimum absolute atomic E-state index is 0.0834. The summed E-state index contributed by atoms with van der Waals surface area (Å²) in [6.07, 6.45) is 2.03.